The lowest BCUT2D eigenvalue weighted by Gasteiger charge is -2.17. The predicted molar refractivity (Wildman–Crippen MR) is 69.4 cm³/mol. The van der Waals surface area contributed by atoms with Crippen LogP contribution < -0.4 is 5.73 Å². The summed E-state index contributed by atoms with van der Waals surface area (Å²) >= 11 is 0. The normalized spacial score (nSPS) is 11.0. The van der Waals surface area contributed by atoms with E-state index < -0.39 is 0 Å². The van der Waals surface area contributed by atoms with Crippen molar-refractivity contribution in [2.75, 3.05) is 7.05 Å². The largest absolute Gasteiger partial charge is 0.333 e. The molecular formula is C13H25N3. The topological polar surface area (TPSA) is 51.8 Å². The Morgan fingerprint density at radius 2 is 1.56 bits per heavy atom. The van der Waals surface area contributed by atoms with Crippen LogP contribution in [0.1, 0.15) is 51.9 Å². The van der Waals surface area contributed by atoms with Gasteiger partial charge in [-0.2, -0.15) is 0 Å². The number of hydrogen-bond donors (Lipinski definition) is 1. The molecule has 0 radical (unpaired) electrons. The molecule has 0 saturated heterocycles. The van der Waals surface area contributed by atoms with E-state index in [-0.39, 0.29) is 0 Å². The lowest BCUT2D eigenvalue weighted by atomic mass is 9.89. The van der Waals surface area contributed by atoms with Gasteiger partial charge in [-0.05, 0) is 24.4 Å². The fraction of sp³-hybridized carbons (Fsp3) is 0.692. The molecule has 0 amide bonds. The molecule has 92 valence electrons. The molecule has 0 spiro atoms. The Kier molecular flexibility index (Phi) is 6.19. The van der Waals surface area contributed by atoms with Crippen LogP contribution in [-0.2, 0) is 6.42 Å². The van der Waals surface area contributed by atoms with Crippen LogP contribution in [0.2, 0.25) is 0 Å². The number of aromatic nitrogens is 2. The highest BCUT2D eigenvalue weighted by Crippen LogP contribution is 2.19. The number of nitrogens with two attached hydrogens (primary N) is 1. The molecule has 0 aromatic carbocycles. The average molecular weight is 223 g/mol. The van der Waals surface area contributed by atoms with Crippen LogP contribution in [-0.4, -0.2) is 17.0 Å². The predicted octanol–water partition coefficient (Wildman–Crippen LogP) is 2.76. The van der Waals surface area contributed by atoms with E-state index in [4.69, 9.17) is 0 Å². The maximum Gasteiger partial charge on any atom is 0.130 e. The van der Waals surface area contributed by atoms with E-state index >= 15 is 0 Å². The SMILES string of the molecule is CC(C)c1ncc(CC(C)(C)C)cn1.CN. The maximum absolute atomic E-state index is 4.50. The minimum atomic E-state index is 0.308. The van der Waals surface area contributed by atoms with Gasteiger partial charge in [-0.25, -0.2) is 9.97 Å². The lowest BCUT2D eigenvalue weighted by Crippen LogP contribution is -2.10. The van der Waals surface area contributed by atoms with E-state index in [0.29, 0.717) is 11.3 Å². The second-order valence-electron chi connectivity index (χ2n) is 5.34. The van der Waals surface area contributed by atoms with Crippen molar-refractivity contribution in [3.05, 3.63) is 23.8 Å². The zero-order valence-electron chi connectivity index (χ0n) is 11.4. The molecule has 1 aromatic heterocycles. The van der Waals surface area contributed by atoms with E-state index in [1.54, 1.807) is 0 Å². The summed E-state index contributed by atoms with van der Waals surface area (Å²) in [6.07, 6.45) is 4.94. The summed E-state index contributed by atoms with van der Waals surface area (Å²) in [7, 11) is 1.50. The second-order valence-corrected chi connectivity index (χ2v) is 5.34. The smallest absolute Gasteiger partial charge is 0.130 e. The first-order valence-electron chi connectivity index (χ1n) is 5.77. The lowest BCUT2D eigenvalue weighted by molar-refractivity contribution is 0.410. The van der Waals surface area contributed by atoms with Crippen LogP contribution in [0.3, 0.4) is 0 Å². The van der Waals surface area contributed by atoms with Crippen LogP contribution in [0, 0.1) is 5.41 Å². The number of nitrogens with zero attached hydrogens (tertiary/aromatic N) is 2. The molecule has 0 fully saturated rings. The van der Waals surface area contributed by atoms with E-state index in [9.17, 15) is 0 Å². The third kappa shape index (κ3) is 5.81. The highest BCUT2D eigenvalue weighted by Gasteiger charge is 2.12. The zero-order chi connectivity index (χ0) is 12.8. The summed E-state index contributed by atoms with van der Waals surface area (Å²) in [6.45, 7) is 10.9. The van der Waals surface area contributed by atoms with Crippen LogP contribution in [0.25, 0.3) is 0 Å². The number of hydrogen-bond acceptors (Lipinski definition) is 3. The Labute approximate surface area is 99.5 Å². The van der Waals surface area contributed by atoms with Gasteiger partial charge in [-0.15, -0.1) is 0 Å². The molecule has 1 heterocycles. The van der Waals surface area contributed by atoms with Crippen molar-refractivity contribution in [2.24, 2.45) is 11.1 Å². The molecular weight excluding hydrogens is 198 g/mol. The summed E-state index contributed by atoms with van der Waals surface area (Å²) in [5, 5.41) is 0. The molecule has 0 saturated carbocycles. The molecule has 2 N–H and O–H groups in total. The molecule has 0 unspecified atom stereocenters. The Balaban J connectivity index is 0.00000106. The van der Waals surface area contributed by atoms with Gasteiger partial charge in [-0.3, -0.25) is 0 Å². The standard InChI is InChI=1S/C12H20N2.CH5N/c1-9(2)11-13-7-10(8-14-11)6-12(3,4)5;1-2/h7-9H,6H2,1-5H3;2H2,1H3. The summed E-state index contributed by atoms with van der Waals surface area (Å²) in [4.78, 5) is 8.70. The van der Waals surface area contributed by atoms with Gasteiger partial charge in [-0.1, -0.05) is 34.6 Å². The van der Waals surface area contributed by atoms with E-state index in [2.05, 4.69) is 50.3 Å². The van der Waals surface area contributed by atoms with E-state index in [0.717, 1.165) is 12.2 Å². The fourth-order valence-corrected chi connectivity index (χ4v) is 1.37. The van der Waals surface area contributed by atoms with Crippen molar-refractivity contribution in [3.63, 3.8) is 0 Å². The molecule has 3 nitrogen and oxygen atoms in total. The van der Waals surface area contributed by atoms with Crippen LogP contribution in [0.15, 0.2) is 12.4 Å². The van der Waals surface area contributed by atoms with Crippen molar-refractivity contribution in [1.82, 2.24) is 9.97 Å². The monoisotopic (exact) mass is 223 g/mol. The first-order chi connectivity index (χ1) is 7.38. The van der Waals surface area contributed by atoms with E-state index in [1.807, 2.05) is 12.4 Å². The first-order valence-corrected chi connectivity index (χ1v) is 5.77. The summed E-state index contributed by atoms with van der Waals surface area (Å²) in [5.41, 5.74) is 6.03. The van der Waals surface area contributed by atoms with Gasteiger partial charge in [0, 0.05) is 18.3 Å². The first kappa shape index (κ1) is 15.0. The third-order valence-corrected chi connectivity index (χ3v) is 1.98. The summed E-state index contributed by atoms with van der Waals surface area (Å²) in [6, 6.07) is 0. The quantitative estimate of drug-likeness (QED) is 0.838. The number of rotatable bonds is 2. The van der Waals surface area contributed by atoms with Crippen molar-refractivity contribution in [3.8, 4) is 0 Å². The van der Waals surface area contributed by atoms with Crippen molar-refractivity contribution >= 4 is 0 Å². The van der Waals surface area contributed by atoms with Crippen molar-refractivity contribution in [1.29, 1.82) is 0 Å². The van der Waals surface area contributed by atoms with Gasteiger partial charge < -0.3 is 5.73 Å². The molecule has 16 heavy (non-hydrogen) atoms. The Morgan fingerprint density at radius 1 is 1.12 bits per heavy atom. The molecule has 1 rings (SSSR count). The minimum absolute atomic E-state index is 0.308. The molecule has 3 heteroatoms. The molecule has 0 aliphatic heterocycles. The zero-order valence-corrected chi connectivity index (χ0v) is 11.4. The van der Waals surface area contributed by atoms with Gasteiger partial charge in [0.05, 0.1) is 0 Å². The third-order valence-electron chi connectivity index (χ3n) is 1.98. The summed E-state index contributed by atoms with van der Waals surface area (Å²) in [5.74, 6) is 1.35. The molecule has 1 aromatic rings. The average Bonchev–Trinajstić information content (AvgIpc) is 2.19. The minimum Gasteiger partial charge on any atom is -0.333 e. The van der Waals surface area contributed by atoms with Crippen molar-refractivity contribution < 1.29 is 0 Å². The van der Waals surface area contributed by atoms with Crippen LogP contribution in [0.5, 0.6) is 0 Å². The van der Waals surface area contributed by atoms with Gasteiger partial charge in [0.2, 0.25) is 0 Å². The van der Waals surface area contributed by atoms with Gasteiger partial charge >= 0.3 is 0 Å². The van der Waals surface area contributed by atoms with Gasteiger partial charge in [0.1, 0.15) is 5.82 Å². The Bertz CT molecular complexity index is 283. The maximum atomic E-state index is 4.50. The highest BCUT2D eigenvalue weighted by molar-refractivity contribution is 5.08. The van der Waals surface area contributed by atoms with Crippen LogP contribution >= 0.6 is 0 Å². The van der Waals surface area contributed by atoms with Gasteiger partial charge in [0.15, 0.2) is 0 Å². The van der Waals surface area contributed by atoms with Crippen molar-refractivity contribution in [2.45, 2.75) is 47.0 Å². The molecule has 0 aliphatic carbocycles. The molecule has 0 aliphatic rings. The molecule has 0 bridgehead atoms. The highest BCUT2D eigenvalue weighted by atomic mass is 14.9. The second kappa shape index (κ2) is 6.59. The van der Waals surface area contributed by atoms with Gasteiger partial charge in [0.25, 0.3) is 0 Å². The van der Waals surface area contributed by atoms with E-state index in [1.165, 1.54) is 12.6 Å². The molecule has 0 atom stereocenters. The Morgan fingerprint density at radius 3 is 1.88 bits per heavy atom. The Hall–Kier alpha value is -0.960. The summed E-state index contributed by atoms with van der Waals surface area (Å²) < 4.78 is 0. The fourth-order valence-electron chi connectivity index (χ4n) is 1.37. The van der Waals surface area contributed by atoms with Crippen LogP contribution in [0.4, 0.5) is 0 Å².